The Kier molecular flexibility index (Phi) is 6.74. The van der Waals surface area contributed by atoms with Gasteiger partial charge in [-0.05, 0) is 30.7 Å². The molecule has 6 nitrogen and oxygen atoms in total. The van der Waals surface area contributed by atoms with Gasteiger partial charge in [0.1, 0.15) is 11.6 Å². The molecule has 1 heterocycles. The van der Waals surface area contributed by atoms with Gasteiger partial charge >= 0.3 is 5.97 Å². The van der Waals surface area contributed by atoms with Gasteiger partial charge in [-0.3, -0.25) is 4.79 Å². The average Bonchev–Trinajstić information content (AvgIpc) is 3.11. The molecule has 150 valence electrons. The summed E-state index contributed by atoms with van der Waals surface area (Å²) < 4.78 is 5.24. The second-order valence-corrected chi connectivity index (χ2v) is 7.98. The van der Waals surface area contributed by atoms with Crippen molar-refractivity contribution in [2.75, 3.05) is 11.1 Å². The molecule has 2 aromatic carbocycles. The molecule has 1 amide bonds. The fourth-order valence-electron chi connectivity index (χ4n) is 2.51. The summed E-state index contributed by atoms with van der Waals surface area (Å²) in [6.07, 6.45) is 0.129. The molecule has 0 bridgehead atoms. The summed E-state index contributed by atoms with van der Waals surface area (Å²) in [7, 11) is 0. The molecule has 0 unspecified atom stereocenters. The molecule has 1 aromatic heterocycles. The number of benzene rings is 2. The standard InChI is InChI=1S/C20H17Cl2N3O3S/c1-11-4-2-3-5-16(11)25-17(26)8-18-24-13(10-29-18)9-28-20(27)14-6-12(21)7-15(22)19(14)23/h2-7,10H,8-9,23H2,1H3,(H,25,26). The van der Waals surface area contributed by atoms with Crippen LogP contribution >= 0.6 is 34.5 Å². The smallest absolute Gasteiger partial charge is 0.340 e. The second kappa shape index (κ2) is 9.26. The summed E-state index contributed by atoms with van der Waals surface area (Å²) in [5.74, 6) is -0.822. The van der Waals surface area contributed by atoms with E-state index in [0.29, 0.717) is 10.7 Å². The monoisotopic (exact) mass is 449 g/mol. The molecule has 3 N–H and O–H groups in total. The molecule has 3 rings (SSSR count). The molecule has 0 aliphatic carbocycles. The van der Waals surface area contributed by atoms with E-state index >= 15 is 0 Å². The van der Waals surface area contributed by atoms with Gasteiger partial charge in [0, 0.05) is 16.1 Å². The quantitative estimate of drug-likeness (QED) is 0.413. The zero-order chi connectivity index (χ0) is 21.0. The molecule has 0 aliphatic rings. The maximum atomic E-state index is 12.3. The van der Waals surface area contributed by atoms with E-state index in [0.717, 1.165) is 11.3 Å². The lowest BCUT2D eigenvalue weighted by Crippen LogP contribution is -2.15. The molecule has 29 heavy (non-hydrogen) atoms. The Hall–Kier alpha value is -2.61. The highest BCUT2D eigenvalue weighted by molar-refractivity contribution is 7.09. The van der Waals surface area contributed by atoms with Crippen LogP contribution in [0.1, 0.15) is 26.6 Å². The third-order valence-corrected chi connectivity index (χ3v) is 5.42. The summed E-state index contributed by atoms with van der Waals surface area (Å²) >= 11 is 13.2. The van der Waals surface area contributed by atoms with E-state index in [9.17, 15) is 9.59 Å². The molecule has 0 spiro atoms. The predicted molar refractivity (Wildman–Crippen MR) is 116 cm³/mol. The van der Waals surface area contributed by atoms with E-state index in [1.54, 1.807) is 5.38 Å². The zero-order valence-corrected chi connectivity index (χ0v) is 17.7. The molecule has 0 fully saturated rings. The first-order valence-electron chi connectivity index (χ1n) is 8.54. The van der Waals surface area contributed by atoms with Gasteiger partial charge < -0.3 is 15.8 Å². The van der Waals surface area contributed by atoms with Crippen LogP contribution < -0.4 is 11.1 Å². The molecule has 9 heteroatoms. The Morgan fingerprint density at radius 1 is 1.24 bits per heavy atom. The maximum absolute atomic E-state index is 12.3. The predicted octanol–water partition coefficient (Wildman–Crippen LogP) is 4.88. The van der Waals surface area contributed by atoms with Gasteiger partial charge in [0.05, 0.1) is 28.4 Å². The van der Waals surface area contributed by atoms with Gasteiger partial charge in [0.15, 0.2) is 0 Å². The van der Waals surface area contributed by atoms with Crippen molar-refractivity contribution in [1.82, 2.24) is 4.98 Å². The minimum Gasteiger partial charge on any atom is -0.455 e. The highest BCUT2D eigenvalue weighted by Gasteiger charge is 2.16. The average molecular weight is 450 g/mol. The largest absolute Gasteiger partial charge is 0.455 e. The van der Waals surface area contributed by atoms with E-state index in [4.69, 9.17) is 33.7 Å². The van der Waals surface area contributed by atoms with Crippen LogP contribution in [-0.2, 0) is 22.6 Å². The Bertz CT molecular complexity index is 1070. The second-order valence-electron chi connectivity index (χ2n) is 6.20. The highest BCUT2D eigenvalue weighted by atomic mass is 35.5. The number of nitrogen functional groups attached to an aromatic ring is 1. The summed E-state index contributed by atoms with van der Waals surface area (Å²) in [5.41, 5.74) is 8.28. The molecule has 0 saturated heterocycles. The number of hydrogen-bond acceptors (Lipinski definition) is 6. The van der Waals surface area contributed by atoms with Crippen LogP contribution in [0.2, 0.25) is 10.0 Å². The van der Waals surface area contributed by atoms with Crippen molar-refractivity contribution in [2.24, 2.45) is 0 Å². The Morgan fingerprint density at radius 2 is 2.00 bits per heavy atom. The number of esters is 1. The first-order chi connectivity index (χ1) is 13.8. The molecular formula is C20H17Cl2N3O3S. The molecule has 0 aliphatic heterocycles. The van der Waals surface area contributed by atoms with Gasteiger partial charge in [-0.1, -0.05) is 41.4 Å². The van der Waals surface area contributed by atoms with Crippen LogP contribution in [0, 0.1) is 6.92 Å². The van der Waals surface area contributed by atoms with Gasteiger partial charge in [0.25, 0.3) is 0 Å². The fraction of sp³-hybridized carbons (Fsp3) is 0.150. The Labute approximate surface area is 181 Å². The Balaban J connectivity index is 1.57. The van der Waals surface area contributed by atoms with Crippen LogP contribution in [0.15, 0.2) is 41.8 Å². The summed E-state index contributed by atoms with van der Waals surface area (Å²) in [6.45, 7) is 1.86. The van der Waals surface area contributed by atoms with Gasteiger partial charge in [-0.2, -0.15) is 0 Å². The summed E-state index contributed by atoms with van der Waals surface area (Å²) in [6, 6.07) is 10.4. The molecule has 0 radical (unpaired) electrons. The number of nitrogens with two attached hydrogens (primary N) is 1. The minimum atomic E-state index is -0.654. The van der Waals surface area contributed by atoms with Crippen LogP contribution in [-0.4, -0.2) is 16.9 Å². The van der Waals surface area contributed by atoms with Crippen molar-refractivity contribution in [3.8, 4) is 0 Å². The molecule has 0 saturated carbocycles. The van der Waals surface area contributed by atoms with Crippen LogP contribution in [0.4, 0.5) is 11.4 Å². The number of hydrogen-bond donors (Lipinski definition) is 2. The number of nitrogens with one attached hydrogen (secondary N) is 1. The molecule has 3 aromatic rings. The van der Waals surface area contributed by atoms with Crippen molar-refractivity contribution in [3.05, 3.63) is 73.7 Å². The lowest BCUT2D eigenvalue weighted by Gasteiger charge is -2.08. The fourth-order valence-corrected chi connectivity index (χ4v) is 3.78. The number of rotatable bonds is 6. The van der Waals surface area contributed by atoms with E-state index in [-0.39, 0.29) is 40.2 Å². The number of carbonyl (C=O) groups excluding carboxylic acids is 2. The number of ether oxygens (including phenoxy) is 1. The highest BCUT2D eigenvalue weighted by Crippen LogP contribution is 2.28. The van der Waals surface area contributed by atoms with Gasteiger partial charge in [-0.25, -0.2) is 9.78 Å². The first kappa shape index (κ1) is 21.1. The van der Waals surface area contributed by atoms with Crippen molar-refractivity contribution < 1.29 is 14.3 Å². The van der Waals surface area contributed by atoms with Crippen molar-refractivity contribution in [1.29, 1.82) is 0 Å². The zero-order valence-electron chi connectivity index (χ0n) is 15.4. The van der Waals surface area contributed by atoms with Crippen molar-refractivity contribution in [2.45, 2.75) is 20.0 Å². The third kappa shape index (κ3) is 5.47. The van der Waals surface area contributed by atoms with E-state index in [1.807, 2.05) is 31.2 Å². The van der Waals surface area contributed by atoms with Gasteiger partial charge in [0.2, 0.25) is 5.91 Å². The van der Waals surface area contributed by atoms with Crippen LogP contribution in [0.25, 0.3) is 0 Å². The number of amides is 1. The van der Waals surface area contributed by atoms with Crippen LogP contribution in [0.5, 0.6) is 0 Å². The number of carbonyl (C=O) groups is 2. The minimum absolute atomic E-state index is 0.0572. The molecular weight excluding hydrogens is 433 g/mol. The number of aromatic nitrogens is 1. The molecule has 0 atom stereocenters. The summed E-state index contributed by atoms with van der Waals surface area (Å²) in [5, 5.41) is 5.68. The summed E-state index contributed by atoms with van der Waals surface area (Å²) in [4.78, 5) is 28.8. The number of para-hydroxylation sites is 1. The number of aryl methyl sites for hydroxylation is 1. The van der Waals surface area contributed by atoms with Crippen LogP contribution in [0.3, 0.4) is 0 Å². The van der Waals surface area contributed by atoms with Crippen molar-refractivity contribution in [3.63, 3.8) is 0 Å². The SMILES string of the molecule is Cc1ccccc1NC(=O)Cc1nc(COC(=O)c2cc(Cl)cc(Cl)c2N)cs1. The maximum Gasteiger partial charge on any atom is 0.340 e. The lowest BCUT2D eigenvalue weighted by molar-refractivity contribution is -0.115. The van der Waals surface area contributed by atoms with E-state index < -0.39 is 5.97 Å². The third-order valence-electron chi connectivity index (χ3n) is 4.00. The lowest BCUT2D eigenvalue weighted by atomic mass is 10.2. The Morgan fingerprint density at radius 3 is 2.76 bits per heavy atom. The number of anilines is 2. The normalized spacial score (nSPS) is 10.6. The van der Waals surface area contributed by atoms with Gasteiger partial charge in [-0.15, -0.1) is 11.3 Å². The number of thiazole rings is 1. The number of nitrogens with zero attached hydrogens (tertiary/aromatic N) is 1. The van der Waals surface area contributed by atoms with Crippen molar-refractivity contribution >= 4 is 57.8 Å². The number of halogens is 2. The topological polar surface area (TPSA) is 94.3 Å². The van der Waals surface area contributed by atoms with E-state index in [2.05, 4.69) is 10.3 Å². The van der Waals surface area contributed by atoms with E-state index in [1.165, 1.54) is 23.5 Å². The first-order valence-corrected chi connectivity index (χ1v) is 10.2.